The summed E-state index contributed by atoms with van der Waals surface area (Å²) in [5.41, 5.74) is 4.36. The van der Waals surface area contributed by atoms with Crippen molar-refractivity contribution in [2.24, 2.45) is 0 Å². The third kappa shape index (κ3) is 5.75. The minimum atomic E-state index is -0.651. The van der Waals surface area contributed by atoms with Gasteiger partial charge in [0.2, 0.25) is 11.7 Å². The van der Waals surface area contributed by atoms with Gasteiger partial charge in [0.15, 0.2) is 6.10 Å². The third-order valence-electron chi connectivity index (χ3n) is 5.36. The smallest absolute Gasteiger partial charge is 0.261 e. The highest BCUT2D eigenvalue weighted by Crippen LogP contribution is 2.28. The molecule has 1 aromatic heterocycles. The predicted molar refractivity (Wildman–Crippen MR) is 126 cm³/mol. The Morgan fingerprint density at radius 2 is 1.78 bits per heavy atom. The van der Waals surface area contributed by atoms with E-state index < -0.39 is 6.10 Å². The van der Waals surface area contributed by atoms with Crippen molar-refractivity contribution in [2.45, 2.75) is 72.4 Å². The second-order valence-corrected chi connectivity index (χ2v) is 9.51. The molecule has 6 heteroatoms. The van der Waals surface area contributed by atoms with Crippen molar-refractivity contribution in [2.75, 3.05) is 0 Å². The number of hydrogen-bond donors (Lipinski definition) is 1. The van der Waals surface area contributed by atoms with Gasteiger partial charge in [-0.1, -0.05) is 76.2 Å². The molecule has 1 atom stereocenters. The molecular formula is C26H33N3O3. The zero-order chi connectivity index (χ0) is 23.5. The number of aryl methyl sites for hydroxylation is 1. The summed E-state index contributed by atoms with van der Waals surface area (Å²) in [6.07, 6.45) is -0.651. The summed E-state index contributed by atoms with van der Waals surface area (Å²) < 4.78 is 11.3. The molecule has 0 aliphatic heterocycles. The standard InChI is InChI=1S/C26H33N3O3/c1-16(2)21-13-8-17(3)14-22(21)31-18(4)25(30)27-15-23-28-24(29-32-23)19-9-11-20(12-10-19)26(5,6)7/h8-14,16,18H,15H2,1-7H3,(H,27,30)/t18-/m0/s1. The molecule has 1 amide bonds. The topological polar surface area (TPSA) is 77.2 Å². The average Bonchev–Trinajstić information content (AvgIpc) is 3.20. The Morgan fingerprint density at radius 3 is 2.41 bits per heavy atom. The second-order valence-electron chi connectivity index (χ2n) is 9.51. The first-order valence-electron chi connectivity index (χ1n) is 11.0. The molecule has 0 saturated carbocycles. The first kappa shape index (κ1) is 23.5. The molecular weight excluding hydrogens is 402 g/mol. The van der Waals surface area contributed by atoms with Crippen molar-refractivity contribution in [3.05, 3.63) is 65.0 Å². The number of ether oxygens (including phenoxy) is 1. The summed E-state index contributed by atoms with van der Waals surface area (Å²) in [6.45, 7) is 14.6. The number of aromatic nitrogens is 2. The molecule has 0 saturated heterocycles. The van der Waals surface area contributed by atoms with Gasteiger partial charge in [-0.3, -0.25) is 4.79 Å². The van der Waals surface area contributed by atoms with E-state index in [1.54, 1.807) is 6.92 Å². The van der Waals surface area contributed by atoms with Crippen LogP contribution in [0.1, 0.15) is 70.0 Å². The van der Waals surface area contributed by atoms with Gasteiger partial charge < -0.3 is 14.6 Å². The maximum Gasteiger partial charge on any atom is 0.261 e. The fourth-order valence-corrected chi connectivity index (χ4v) is 3.33. The Bertz CT molecular complexity index is 1060. The lowest BCUT2D eigenvalue weighted by Crippen LogP contribution is -2.36. The van der Waals surface area contributed by atoms with Gasteiger partial charge in [-0.15, -0.1) is 0 Å². The molecule has 0 bridgehead atoms. The van der Waals surface area contributed by atoms with Crippen molar-refractivity contribution >= 4 is 5.91 Å². The minimum Gasteiger partial charge on any atom is -0.481 e. The van der Waals surface area contributed by atoms with Crippen LogP contribution in [0.15, 0.2) is 47.0 Å². The van der Waals surface area contributed by atoms with Gasteiger partial charge in [0.1, 0.15) is 5.75 Å². The van der Waals surface area contributed by atoms with Crippen molar-refractivity contribution in [1.82, 2.24) is 15.5 Å². The Labute approximate surface area is 190 Å². The molecule has 0 aliphatic carbocycles. The molecule has 3 rings (SSSR count). The van der Waals surface area contributed by atoms with Crippen LogP contribution in [0.4, 0.5) is 0 Å². The van der Waals surface area contributed by atoms with Crippen molar-refractivity contribution in [3.8, 4) is 17.1 Å². The number of carbonyl (C=O) groups excluding carboxylic acids is 1. The largest absolute Gasteiger partial charge is 0.481 e. The number of hydrogen-bond acceptors (Lipinski definition) is 5. The fourth-order valence-electron chi connectivity index (χ4n) is 3.33. The zero-order valence-electron chi connectivity index (χ0n) is 20.0. The SMILES string of the molecule is Cc1ccc(C(C)C)c(O[C@@H](C)C(=O)NCc2nc(-c3ccc(C(C)(C)C)cc3)no2)c1. The summed E-state index contributed by atoms with van der Waals surface area (Å²) >= 11 is 0. The molecule has 3 aromatic rings. The number of nitrogens with one attached hydrogen (secondary N) is 1. The molecule has 0 spiro atoms. The molecule has 1 heterocycles. The lowest BCUT2D eigenvalue weighted by atomic mass is 9.87. The van der Waals surface area contributed by atoms with E-state index in [-0.39, 0.29) is 17.9 Å². The van der Waals surface area contributed by atoms with E-state index in [1.807, 2.05) is 31.2 Å². The van der Waals surface area contributed by atoms with E-state index in [9.17, 15) is 4.79 Å². The molecule has 170 valence electrons. The van der Waals surface area contributed by atoms with Crippen molar-refractivity contribution in [1.29, 1.82) is 0 Å². The zero-order valence-corrected chi connectivity index (χ0v) is 20.0. The van der Waals surface area contributed by atoms with Crippen LogP contribution in [0.2, 0.25) is 0 Å². The van der Waals surface area contributed by atoms with E-state index >= 15 is 0 Å². The van der Waals surface area contributed by atoms with Gasteiger partial charge >= 0.3 is 0 Å². The van der Waals surface area contributed by atoms with Gasteiger partial charge in [0.05, 0.1) is 6.54 Å². The normalized spacial score (nSPS) is 12.6. The average molecular weight is 436 g/mol. The van der Waals surface area contributed by atoms with Gasteiger partial charge in [-0.2, -0.15) is 4.98 Å². The van der Waals surface area contributed by atoms with Crippen LogP contribution in [0.3, 0.4) is 0 Å². The first-order valence-corrected chi connectivity index (χ1v) is 11.0. The summed E-state index contributed by atoms with van der Waals surface area (Å²) in [4.78, 5) is 17.0. The Hall–Kier alpha value is -3.15. The highest BCUT2D eigenvalue weighted by Gasteiger charge is 2.19. The second kappa shape index (κ2) is 9.55. The number of nitrogens with zero attached hydrogens (tertiary/aromatic N) is 2. The molecule has 0 radical (unpaired) electrons. The number of carbonyl (C=O) groups is 1. The fraction of sp³-hybridized carbons (Fsp3) is 0.423. The molecule has 0 aliphatic rings. The summed E-state index contributed by atoms with van der Waals surface area (Å²) in [5.74, 6) is 1.64. The predicted octanol–water partition coefficient (Wildman–Crippen LogP) is 5.55. The Kier molecular flexibility index (Phi) is 7.02. The van der Waals surface area contributed by atoms with Crippen LogP contribution in [0.25, 0.3) is 11.4 Å². The van der Waals surface area contributed by atoms with Crippen LogP contribution in [0, 0.1) is 6.92 Å². The van der Waals surface area contributed by atoms with Crippen molar-refractivity contribution < 1.29 is 14.1 Å². The lowest BCUT2D eigenvalue weighted by Gasteiger charge is -2.19. The van der Waals surface area contributed by atoms with E-state index in [0.717, 1.165) is 22.4 Å². The van der Waals surface area contributed by atoms with Gasteiger partial charge in [0, 0.05) is 5.56 Å². The molecule has 2 aromatic carbocycles. The molecule has 32 heavy (non-hydrogen) atoms. The van der Waals surface area contributed by atoms with Gasteiger partial charge in [-0.05, 0) is 47.9 Å². The highest BCUT2D eigenvalue weighted by atomic mass is 16.5. The van der Waals surface area contributed by atoms with Crippen LogP contribution >= 0.6 is 0 Å². The van der Waals surface area contributed by atoms with Gasteiger partial charge in [-0.25, -0.2) is 0 Å². The van der Waals surface area contributed by atoms with Crippen LogP contribution < -0.4 is 10.1 Å². The molecule has 0 unspecified atom stereocenters. The third-order valence-corrected chi connectivity index (χ3v) is 5.36. The maximum atomic E-state index is 12.6. The summed E-state index contributed by atoms with van der Waals surface area (Å²) in [5, 5.41) is 6.86. The highest BCUT2D eigenvalue weighted by molar-refractivity contribution is 5.80. The number of rotatable bonds is 7. The molecule has 0 fully saturated rings. The van der Waals surface area contributed by atoms with E-state index in [4.69, 9.17) is 9.26 Å². The van der Waals surface area contributed by atoms with Crippen LogP contribution in [-0.4, -0.2) is 22.2 Å². The lowest BCUT2D eigenvalue weighted by molar-refractivity contribution is -0.127. The van der Waals surface area contributed by atoms with Crippen LogP contribution in [-0.2, 0) is 16.8 Å². The first-order chi connectivity index (χ1) is 15.0. The van der Waals surface area contributed by atoms with Gasteiger partial charge in [0.25, 0.3) is 5.91 Å². The summed E-state index contributed by atoms with van der Waals surface area (Å²) in [6, 6.07) is 14.2. The minimum absolute atomic E-state index is 0.0817. The molecule has 1 N–H and O–H groups in total. The Morgan fingerprint density at radius 1 is 1.09 bits per heavy atom. The van der Waals surface area contributed by atoms with E-state index in [1.165, 1.54) is 5.56 Å². The monoisotopic (exact) mass is 435 g/mol. The summed E-state index contributed by atoms with van der Waals surface area (Å²) in [7, 11) is 0. The number of benzene rings is 2. The van der Waals surface area contributed by atoms with E-state index in [0.29, 0.717) is 17.6 Å². The van der Waals surface area contributed by atoms with E-state index in [2.05, 4.69) is 68.3 Å². The molecule has 6 nitrogen and oxygen atoms in total. The maximum absolute atomic E-state index is 12.6. The van der Waals surface area contributed by atoms with Crippen molar-refractivity contribution in [3.63, 3.8) is 0 Å². The number of amides is 1. The quantitative estimate of drug-likeness (QED) is 0.526. The Balaban J connectivity index is 1.60. The van der Waals surface area contributed by atoms with Crippen LogP contribution in [0.5, 0.6) is 5.75 Å².